The van der Waals surface area contributed by atoms with E-state index in [1.54, 1.807) is 6.20 Å². The van der Waals surface area contributed by atoms with Crippen LogP contribution in [0.2, 0.25) is 0 Å². The molecular weight excluding hydrogens is 554 g/mol. The van der Waals surface area contributed by atoms with Gasteiger partial charge in [-0.2, -0.15) is 5.10 Å². The van der Waals surface area contributed by atoms with E-state index in [9.17, 15) is 14.0 Å². The highest BCUT2D eigenvalue weighted by Gasteiger charge is 2.23. The number of hydrogen-bond donors (Lipinski definition) is 2. The van der Waals surface area contributed by atoms with Crippen molar-refractivity contribution in [3.63, 3.8) is 0 Å². The molecule has 6 rings (SSSR count). The van der Waals surface area contributed by atoms with Crippen molar-refractivity contribution in [2.75, 3.05) is 11.9 Å². The predicted octanol–water partition coefficient (Wildman–Crippen LogP) is 7.10. The second-order valence-corrected chi connectivity index (χ2v) is 10.7. The van der Waals surface area contributed by atoms with Gasteiger partial charge >= 0.3 is 0 Å². The van der Waals surface area contributed by atoms with E-state index in [4.69, 9.17) is 9.47 Å². The molecule has 43 heavy (non-hydrogen) atoms. The Morgan fingerprint density at radius 1 is 1.07 bits per heavy atom. The highest BCUT2D eigenvalue weighted by molar-refractivity contribution is 6.04. The number of ether oxygens (including phenoxy) is 2. The van der Waals surface area contributed by atoms with E-state index in [-0.39, 0.29) is 29.0 Å². The molecule has 0 saturated carbocycles. The lowest BCUT2D eigenvalue weighted by Gasteiger charge is -2.26. The average molecular weight is 585 g/mol. The van der Waals surface area contributed by atoms with E-state index in [1.807, 2.05) is 12.1 Å². The third-order valence-electron chi connectivity index (χ3n) is 7.68. The maximum Gasteiger partial charge on any atom is 0.267 e. The van der Waals surface area contributed by atoms with E-state index in [0.29, 0.717) is 11.4 Å². The van der Waals surface area contributed by atoms with Gasteiger partial charge in [-0.15, -0.1) is 0 Å². The maximum atomic E-state index is 15.4. The predicted molar refractivity (Wildman–Crippen MR) is 159 cm³/mol. The number of carbonyl (C=O) groups is 1. The molecule has 1 fully saturated rings. The lowest BCUT2D eigenvalue weighted by molar-refractivity contribution is 0.0425. The first-order valence-electron chi connectivity index (χ1n) is 14.2. The molecule has 0 bridgehead atoms. The number of hydrogen-bond acceptors (Lipinski definition) is 5. The van der Waals surface area contributed by atoms with Gasteiger partial charge in [-0.3, -0.25) is 19.3 Å². The van der Waals surface area contributed by atoms with Crippen molar-refractivity contribution < 1.29 is 23.0 Å². The quantitative estimate of drug-likeness (QED) is 0.222. The molecule has 3 aromatic carbocycles. The topological polar surface area (TPSA) is 98.2 Å². The maximum absolute atomic E-state index is 15.4. The Hall–Kier alpha value is -4.83. The number of rotatable bonds is 6. The number of aromatic nitrogens is 3. The zero-order valence-corrected chi connectivity index (χ0v) is 23.5. The molecule has 1 amide bonds. The first-order valence-corrected chi connectivity index (χ1v) is 14.2. The number of pyridine rings is 1. The van der Waals surface area contributed by atoms with Crippen LogP contribution in [0.5, 0.6) is 11.5 Å². The molecule has 5 aromatic rings. The van der Waals surface area contributed by atoms with Crippen molar-refractivity contribution in [2.24, 2.45) is 0 Å². The van der Waals surface area contributed by atoms with Crippen molar-refractivity contribution in [2.45, 2.75) is 44.6 Å². The number of halogens is 2. The fourth-order valence-electron chi connectivity index (χ4n) is 5.49. The van der Waals surface area contributed by atoms with Gasteiger partial charge in [-0.1, -0.05) is 6.42 Å². The minimum atomic E-state index is -0.706. The molecule has 1 saturated heterocycles. The monoisotopic (exact) mass is 584 g/mol. The number of anilines is 1. The van der Waals surface area contributed by atoms with Gasteiger partial charge in [-0.05, 0) is 92.8 Å². The van der Waals surface area contributed by atoms with Gasteiger partial charge < -0.3 is 14.8 Å². The number of H-pyrrole nitrogens is 1. The standard InChI is InChI=1S/C33H30F2N4O4/c1-20-15-21(5-2-3-14-42-20)27-18-29-22(19-36-38-29)16-31(27)43-30-12-9-24(17-28(30)35)37-32(40)26-6-4-13-39(33(26)41)25-10-7-23(34)8-11-25/h4,6-13,16-21H,2-3,5,14-15H2,1H3,(H,36,38)(H,37,40). The van der Waals surface area contributed by atoms with E-state index in [1.165, 1.54) is 59.3 Å². The molecule has 2 unspecified atom stereocenters. The van der Waals surface area contributed by atoms with E-state index < -0.39 is 23.1 Å². The Morgan fingerprint density at radius 3 is 2.72 bits per heavy atom. The number of benzene rings is 3. The minimum absolute atomic E-state index is 0.00406. The van der Waals surface area contributed by atoms with Crippen LogP contribution in [0.4, 0.5) is 14.5 Å². The molecule has 0 spiro atoms. The normalized spacial score (nSPS) is 17.3. The molecule has 0 radical (unpaired) electrons. The Kier molecular flexibility index (Phi) is 8.02. The molecule has 220 valence electrons. The van der Waals surface area contributed by atoms with Crippen LogP contribution >= 0.6 is 0 Å². The summed E-state index contributed by atoms with van der Waals surface area (Å²) < 4.78 is 42.0. The van der Waals surface area contributed by atoms with Crippen LogP contribution < -0.4 is 15.6 Å². The summed E-state index contributed by atoms with van der Waals surface area (Å²) in [7, 11) is 0. The number of nitrogens with one attached hydrogen (secondary N) is 2. The number of carbonyl (C=O) groups excluding carboxylic acids is 1. The molecule has 1 aliphatic heterocycles. The molecule has 2 N–H and O–H groups in total. The molecule has 8 nitrogen and oxygen atoms in total. The van der Waals surface area contributed by atoms with Crippen LogP contribution in [0.15, 0.2) is 83.9 Å². The van der Waals surface area contributed by atoms with E-state index >= 15 is 4.39 Å². The van der Waals surface area contributed by atoms with Gasteiger partial charge in [0.05, 0.1) is 17.8 Å². The molecule has 2 atom stereocenters. The van der Waals surface area contributed by atoms with Crippen LogP contribution in [0.1, 0.15) is 54.4 Å². The summed E-state index contributed by atoms with van der Waals surface area (Å²) in [6.45, 7) is 2.81. The van der Waals surface area contributed by atoms with Crippen LogP contribution in [-0.4, -0.2) is 33.4 Å². The highest BCUT2D eigenvalue weighted by atomic mass is 19.1. The Morgan fingerprint density at radius 2 is 1.91 bits per heavy atom. The minimum Gasteiger partial charge on any atom is -0.454 e. The zero-order valence-electron chi connectivity index (χ0n) is 23.5. The Balaban J connectivity index is 1.24. The third-order valence-corrected chi connectivity index (χ3v) is 7.68. The summed E-state index contributed by atoms with van der Waals surface area (Å²) in [6, 6.07) is 16.2. The first kappa shape index (κ1) is 28.3. The first-order chi connectivity index (χ1) is 20.9. The SMILES string of the molecule is CC1CC(c2cc3[nH]ncc3cc2Oc2ccc(NC(=O)c3cccn(-c4ccc(F)cc4)c3=O)cc2F)CCCCO1. The van der Waals surface area contributed by atoms with E-state index in [0.717, 1.165) is 54.8 Å². The van der Waals surface area contributed by atoms with Gasteiger partial charge in [0.1, 0.15) is 17.1 Å². The van der Waals surface area contributed by atoms with Crippen molar-refractivity contribution in [3.05, 3.63) is 112 Å². The molecular formula is C33H30F2N4O4. The fraction of sp³-hybridized carbons (Fsp3) is 0.242. The Bertz CT molecular complexity index is 1830. The second kappa shape index (κ2) is 12.2. The highest BCUT2D eigenvalue weighted by Crippen LogP contribution is 2.40. The summed E-state index contributed by atoms with van der Waals surface area (Å²) >= 11 is 0. The third kappa shape index (κ3) is 6.19. The van der Waals surface area contributed by atoms with Crippen molar-refractivity contribution >= 4 is 22.5 Å². The summed E-state index contributed by atoms with van der Waals surface area (Å²) in [5, 5.41) is 10.6. The molecule has 10 heteroatoms. The number of nitrogens with zero attached hydrogens (tertiary/aromatic N) is 2. The lowest BCUT2D eigenvalue weighted by Crippen LogP contribution is -2.27. The van der Waals surface area contributed by atoms with Gasteiger partial charge in [0.25, 0.3) is 11.5 Å². The van der Waals surface area contributed by atoms with Gasteiger partial charge in [0, 0.05) is 41.2 Å². The van der Waals surface area contributed by atoms with E-state index in [2.05, 4.69) is 22.4 Å². The average Bonchev–Trinajstić information content (AvgIpc) is 3.44. The van der Waals surface area contributed by atoms with Crippen LogP contribution in [0.25, 0.3) is 16.6 Å². The number of aromatic amines is 1. The molecule has 2 aromatic heterocycles. The summed E-state index contributed by atoms with van der Waals surface area (Å²) in [4.78, 5) is 26.0. The van der Waals surface area contributed by atoms with Crippen molar-refractivity contribution in [1.82, 2.24) is 14.8 Å². The second-order valence-electron chi connectivity index (χ2n) is 10.7. The number of amides is 1. The van der Waals surface area contributed by atoms with Crippen LogP contribution in [-0.2, 0) is 4.74 Å². The lowest BCUT2D eigenvalue weighted by atomic mass is 9.87. The smallest absolute Gasteiger partial charge is 0.267 e. The number of fused-ring (bicyclic) bond motifs is 1. The van der Waals surface area contributed by atoms with Gasteiger partial charge in [-0.25, -0.2) is 8.78 Å². The van der Waals surface area contributed by atoms with Gasteiger partial charge in [0.2, 0.25) is 0 Å². The molecule has 3 heterocycles. The van der Waals surface area contributed by atoms with Crippen molar-refractivity contribution in [1.29, 1.82) is 0 Å². The zero-order chi connectivity index (χ0) is 29.9. The van der Waals surface area contributed by atoms with Crippen LogP contribution in [0.3, 0.4) is 0 Å². The van der Waals surface area contributed by atoms with Crippen LogP contribution in [0, 0.1) is 11.6 Å². The van der Waals surface area contributed by atoms with Crippen molar-refractivity contribution in [3.8, 4) is 17.2 Å². The largest absolute Gasteiger partial charge is 0.454 e. The summed E-state index contributed by atoms with van der Waals surface area (Å²) in [6.07, 6.45) is 7.02. The fourth-order valence-corrected chi connectivity index (χ4v) is 5.49. The van der Waals surface area contributed by atoms with Gasteiger partial charge in [0.15, 0.2) is 11.6 Å². The molecule has 0 aliphatic carbocycles. The Labute approximate surface area is 246 Å². The summed E-state index contributed by atoms with van der Waals surface area (Å²) in [5.41, 5.74) is 1.64. The summed E-state index contributed by atoms with van der Waals surface area (Å²) in [5.74, 6) is -1.14. The molecule has 1 aliphatic rings.